The molecule has 0 aliphatic heterocycles. The van der Waals surface area contributed by atoms with Crippen LogP contribution in [0.15, 0.2) is 24.4 Å². The van der Waals surface area contributed by atoms with Crippen molar-refractivity contribution in [3.05, 3.63) is 24.4 Å². The van der Waals surface area contributed by atoms with Crippen molar-refractivity contribution in [2.24, 2.45) is 5.73 Å². The Kier molecular flexibility index (Phi) is 4.47. The van der Waals surface area contributed by atoms with Crippen LogP contribution in [0.3, 0.4) is 0 Å². The van der Waals surface area contributed by atoms with Crippen molar-refractivity contribution in [1.82, 2.24) is 0 Å². The summed E-state index contributed by atoms with van der Waals surface area (Å²) in [5.74, 6) is -0.711. The van der Waals surface area contributed by atoms with Crippen LogP contribution in [0.5, 0.6) is 0 Å². The highest BCUT2D eigenvalue weighted by Crippen LogP contribution is 1.87. The third kappa shape index (κ3) is 3.91. The van der Waals surface area contributed by atoms with Crippen LogP contribution in [-0.4, -0.2) is 18.9 Å². The number of rotatable bonds is 4. The molecular weight excluding hydrogens is 146 g/mol. The van der Waals surface area contributed by atoms with E-state index in [0.29, 0.717) is 6.29 Å². The van der Waals surface area contributed by atoms with Crippen LogP contribution in [0.1, 0.15) is 0 Å². The summed E-state index contributed by atoms with van der Waals surface area (Å²) >= 11 is 0. The summed E-state index contributed by atoms with van der Waals surface area (Å²) < 4.78 is 4.50. The van der Waals surface area contributed by atoms with Crippen LogP contribution >= 0.6 is 0 Å². The van der Waals surface area contributed by atoms with Gasteiger partial charge < -0.3 is 10.5 Å². The molecule has 11 heavy (non-hydrogen) atoms. The van der Waals surface area contributed by atoms with E-state index in [1.165, 1.54) is 6.08 Å². The monoisotopic (exact) mass is 155 g/mol. The Morgan fingerprint density at radius 3 is 2.73 bits per heavy atom. The second kappa shape index (κ2) is 5.22. The van der Waals surface area contributed by atoms with E-state index >= 15 is 0 Å². The van der Waals surface area contributed by atoms with E-state index in [2.05, 4.69) is 11.3 Å². The summed E-state index contributed by atoms with van der Waals surface area (Å²) in [5, 5.41) is 0. The van der Waals surface area contributed by atoms with Gasteiger partial charge in [-0.25, -0.2) is 4.79 Å². The van der Waals surface area contributed by atoms with Crippen molar-refractivity contribution in [1.29, 1.82) is 0 Å². The van der Waals surface area contributed by atoms with Crippen molar-refractivity contribution in [3.63, 3.8) is 0 Å². The minimum atomic E-state index is -0.711. The third-order valence-corrected chi connectivity index (χ3v) is 0.816. The average Bonchev–Trinajstić information content (AvgIpc) is 2.00. The number of esters is 1. The summed E-state index contributed by atoms with van der Waals surface area (Å²) in [7, 11) is 0. The van der Waals surface area contributed by atoms with E-state index < -0.39 is 5.97 Å². The van der Waals surface area contributed by atoms with E-state index in [1.807, 2.05) is 0 Å². The van der Waals surface area contributed by atoms with E-state index in [1.54, 1.807) is 0 Å². The van der Waals surface area contributed by atoms with Crippen LogP contribution in [0.4, 0.5) is 0 Å². The lowest BCUT2D eigenvalue weighted by atomic mass is 10.4. The van der Waals surface area contributed by atoms with Crippen molar-refractivity contribution in [3.8, 4) is 0 Å². The van der Waals surface area contributed by atoms with Gasteiger partial charge in [0.2, 0.25) is 0 Å². The standard InChI is InChI=1S/C7H9NO3/c1-2-5-11-7(10)6(8)3-4-9/h2-4H,1,5,8H2. The lowest BCUT2D eigenvalue weighted by Gasteiger charge is -1.98. The second-order valence-corrected chi connectivity index (χ2v) is 1.65. The molecule has 0 spiro atoms. The van der Waals surface area contributed by atoms with E-state index in [0.717, 1.165) is 6.08 Å². The van der Waals surface area contributed by atoms with E-state index in [-0.39, 0.29) is 12.3 Å². The largest absolute Gasteiger partial charge is 0.457 e. The molecule has 0 aromatic heterocycles. The molecule has 0 saturated heterocycles. The van der Waals surface area contributed by atoms with Crippen molar-refractivity contribution >= 4 is 12.3 Å². The highest BCUT2D eigenvalue weighted by molar-refractivity contribution is 5.91. The Balaban J connectivity index is 3.92. The first-order valence-electron chi connectivity index (χ1n) is 2.91. The second-order valence-electron chi connectivity index (χ2n) is 1.65. The van der Waals surface area contributed by atoms with Crippen molar-refractivity contribution in [2.75, 3.05) is 6.61 Å². The molecule has 0 amide bonds. The van der Waals surface area contributed by atoms with E-state index in [4.69, 9.17) is 5.73 Å². The molecule has 4 nitrogen and oxygen atoms in total. The molecule has 0 unspecified atom stereocenters. The molecule has 0 aliphatic carbocycles. The molecule has 0 aromatic rings. The Hall–Kier alpha value is -1.58. The van der Waals surface area contributed by atoms with Gasteiger partial charge in [0.1, 0.15) is 18.6 Å². The SMILES string of the molecule is C=CCOC(=O)C(N)=CC=O. The molecule has 0 radical (unpaired) electrons. The predicted molar refractivity (Wildman–Crippen MR) is 39.5 cm³/mol. The number of aldehydes is 1. The molecule has 0 saturated carbocycles. The van der Waals surface area contributed by atoms with Gasteiger partial charge in [-0.3, -0.25) is 4.79 Å². The molecule has 4 heteroatoms. The summed E-state index contributed by atoms with van der Waals surface area (Å²) in [4.78, 5) is 20.5. The number of carbonyl (C=O) groups is 2. The fraction of sp³-hybridized carbons (Fsp3) is 0.143. The van der Waals surface area contributed by atoms with Gasteiger partial charge in [0.05, 0.1) is 0 Å². The Labute approximate surface area is 64.3 Å². The number of hydrogen-bond acceptors (Lipinski definition) is 4. The summed E-state index contributed by atoms with van der Waals surface area (Å²) in [6, 6.07) is 0. The number of ether oxygens (including phenoxy) is 1. The van der Waals surface area contributed by atoms with Crippen LogP contribution in [0, 0.1) is 0 Å². The topological polar surface area (TPSA) is 69.4 Å². The molecule has 60 valence electrons. The Morgan fingerprint density at radius 2 is 2.27 bits per heavy atom. The fourth-order valence-corrected chi connectivity index (χ4v) is 0.359. The van der Waals surface area contributed by atoms with Crippen LogP contribution < -0.4 is 5.73 Å². The summed E-state index contributed by atoms with van der Waals surface area (Å²) in [6.07, 6.45) is 2.77. The first kappa shape index (κ1) is 9.42. The van der Waals surface area contributed by atoms with Gasteiger partial charge in [0.15, 0.2) is 0 Å². The first-order chi connectivity index (χ1) is 5.22. The lowest BCUT2D eigenvalue weighted by molar-refractivity contribution is -0.138. The molecule has 0 aromatic carbocycles. The van der Waals surface area contributed by atoms with Crippen LogP contribution in [-0.2, 0) is 14.3 Å². The highest BCUT2D eigenvalue weighted by Gasteiger charge is 2.03. The number of nitrogens with two attached hydrogens (primary N) is 1. The molecule has 0 heterocycles. The summed E-state index contributed by atoms with van der Waals surface area (Å²) in [5.41, 5.74) is 4.88. The molecule has 0 atom stereocenters. The molecule has 2 N–H and O–H groups in total. The third-order valence-electron chi connectivity index (χ3n) is 0.816. The van der Waals surface area contributed by atoms with Crippen LogP contribution in [0.25, 0.3) is 0 Å². The molecule has 0 rings (SSSR count). The average molecular weight is 155 g/mol. The maximum Gasteiger partial charge on any atom is 0.354 e. The fourth-order valence-electron chi connectivity index (χ4n) is 0.359. The zero-order valence-corrected chi connectivity index (χ0v) is 5.95. The Morgan fingerprint density at radius 1 is 1.64 bits per heavy atom. The van der Waals surface area contributed by atoms with Crippen molar-refractivity contribution < 1.29 is 14.3 Å². The van der Waals surface area contributed by atoms with Gasteiger partial charge in [0, 0.05) is 6.08 Å². The van der Waals surface area contributed by atoms with Crippen molar-refractivity contribution in [2.45, 2.75) is 0 Å². The molecule has 0 fully saturated rings. The first-order valence-corrected chi connectivity index (χ1v) is 2.91. The Bertz CT molecular complexity index is 196. The maximum absolute atomic E-state index is 10.7. The zero-order chi connectivity index (χ0) is 8.69. The minimum absolute atomic E-state index is 0.0895. The van der Waals surface area contributed by atoms with Gasteiger partial charge in [-0.05, 0) is 0 Å². The van der Waals surface area contributed by atoms with Gasteiger partial charge in [-0.1, -0.05) is 12.7 Å². The number of carbonyl (C=O) groups excluding carboxylic acids is 2. The number of allylic oxidation sites excluding steroid dienone is 1. The van der Waals surface area contributed by atoms with Gasteiger partial charge >= 0.3 is 5.97 Å². The summed E-state index contributed by atoms with van der Waals surface area (Å²) in [6.45, 7) is 3.42. The predicted octanol–water partition coefficient (Wildman–Crippen LogP) is -0.243. The zero-order valence-electron chi connectivity index (χ0n) is 5.95. The quantitative estimate of drug-likeness (QED) is 0.263. The van der Waals surface area contributed by atoms with Gasteiger partial charge in [0.25, 0.3) is 0 Å². The van der Waals surface area contributed by atoms with Gasteiger partial charge in [-0.2, -0.15) is 0 Å². The lowest BCUT2D eigenvalue weighted by Crippen LogP contribution is -2.14. The minimum Gasteiger partial charge on any atom is -0.457 e. The smallest absolute Gasteiger partial charge is 0.354 e. The van der Waals surface area contributed by atoms with Crippen LogP contribution in [0.2, 0.25) is 0 Å². The normalized spacial score (nSPS) is 10.4. The maximum atomic E-state index is 10.7. The molecular formula is C7H9NO3. The van der Waals surface area contributed by atoms with Gasteiger partial charge in [-0.15, -0.1) is 0 Å². The molecule has 0 aliphatic rings. The highest BCUT2D eigenvalue weighted by atomic mass is 16.5. The van der Waals surface area contributed by atoms with E-state index in [9.17, 15) is 9.59 Å². The number of hydrogen-bond donors (Lipinski definition) is 1. The molecule has 0 bridgehead atoms.